The summed E-state index contributed by atoms with van der Waals surface area (Å²) in [7, 11) is -4.27. The van der Waals surface area contributed by atoms with Gasteiger partial charge in [0.1, 0.15) is 5.45 Å². The lowest BCUT2D eigenvalue weighted by Gasteiger charge is -2.39. The molecule has 6 nitrogen and oxygen atoms in total. The molecule has 2 heterocycles. The largest absolute Gasteiger partial charge is 0.494 e. The maximum Gasteiger partial charge on any atom is 0.494 e. The van der Waals surface area contributed by atoms with Gasteiger partial charge < -0.3 is 14.0 Å². The third-order valence-electron chi connectivity index (χ3n) is 7.81. The summed E-state index contributed by atoms with van der Waals surface area (Å²) in [5.41, 5.74) is -1.82. The van der Waals surface area contributed by atoms with Gasteiger partial charge in [0.25, 0.3) is 6.10 Å². The first-order chi connectivity index (χ1) is 18.2. The van der Waals surface area contributed by atoms with Crippen LogP contribution in [-0.4, -0.2) is 60.8 Å². The van der Waals surface area contributed by atoms with E-state index in [2.05, 4.69) is 14.7 Å². The van der Waals surface area contributed by atoms with E-state index >= 15 is 0 Å². The van der Waals surface area contributed by atoms with E-state index < -0.39 is 56.4 Å². The number of alkyl halides is 6. The Labute approximate surface area is 231 Å². The number of esters is 1. The molecule has 0 atom stereocenters. The van der Waals surface area contributed by atoms with E-state index in [1.807, 2.05) is 27.7 Å². The quantitative estimate of drug-likeness (QED) is 0.262. The molecule has 0 N–H and O–H groups in total. The summed E-state index contributed by atoms with van der Waals surface area (Å²) in [6, 6.07) is 5.95. The summed E-state index contributed by atoms with van der Waals surface area (Å²) < 4.78 is 96.6. The second-order valence-electron chi connectivity index (χ2n) is 11.5. The number of hydrogen-bond donors (Lipinski definition) is 0. The third-order valence-corrected chi connectivity index (χ3v) is 13.8. The number of ether oxygens (including phenoxy) is 1. The Morgan fingerprint density at radius 2 is 1.38 bits per heavy atom. The van der Waals surface area contributed by atoms with Crippen LogP contribution < -0.4 is 16.1 Å². The van der Waals surface area contributed by atoms with Crippen molar-refractivity contribution in [2.24, 2.45) is 0 Å². The second kappa shape index (κ2) is 10.8. The van der Waals surface area contributed by atoms with Crippen LogP contribution in [0.1, 0.15) is 65.7 Å². The van der Waals surface area contributed by atoms with Crippen molar-refractivity contribution in [3.63, 3.8) is 0 Å². The summed E-state index contributed by atoms with van der Waals surface area (Å²) in [5.74, 6) is -1.76. The van der Waals surface area contributed by atoms with Gasteiger partial charge in [-0.3, -0.25) is 0 Å². The van der Waals surface area contributed by atoms with Crippen molar-refractivity contribution in [2.45, 2.75) is 96.1 Å². The highest BCUT2D eigenvalue weighted by Gasteiger charge is 2.60. The molecule has 0 spiro atoms. The van der Waals surface area contributed by atoms with E-state index in [4.69, 9.17) is 9.31 Å². The first-order valence-corrected chi connectivity index (χ1v) is 14.9. The standard InChI is InChI=1S/C26H33BF6N2O4Si/c1-15(2)40(16(3)4,22-34-12-9-13-35-22)19-11-10-17(27-38-23(5,6)24(7,8)39-27)14-18(19)20(36)37-21(25(28,29)30)26(31,32)33/h9-16,21H,1-8H3. The van der Waals surface area contributed by atoms with Crippen molar-refractivity contribution in [2.75, 3.05) is 0 Å². The zero-order chi connectivity index (χ0) is 30.5. The van der Waals surface area contributed by atoms with E-state index in [1.165, 1.54) is 24.5 Å². The fourth-order valence-corrected chi connectivity index (χ4v) is 10.6. The number of aromatic nitrogens is 2. The van der Waals surface area contributed by atoms with E-state index in [0.717, 1.165) is 0 Å². The minimum Gasteiger partial charge on any atom is -0.439 e. The van der Waals surface area contributed by atoms with E-state index in [0.29, 0.717) is 5.45 Å². The molecule has 1 fully saturated rings. The SMILES string of the molecule is CC(C)[Si](c1ncccn1)(c1ccc(B2OC(C)(C)C(C)(C)O2)cc1C(=O)OC(C(F)(F)F)C(F)(F)F)C(C)C. The van der Waals surface area contributed by atoms with Gasteiger partial charge in [-0.2, -0.15) is 26.3 Å². The molecule has 3 rings (SSSR count). The monoisotopic (exact) mass is 590 g/mol. The molecular formula is C26H33BF6N2O4Si. The van der Waals surface area contributed by atoms with Crippen molar-refractivity contribution < 1.29 is 45.2 Å². The topological polar surface area (TPSA) is 70.5 Å². The second-order valence-corrected chi connectivity index (χ2v) is 16.5. The molecule has 1 aliphatic rings. The summed E-state index contributed by atoms with van der Waals surface area (Å²) in [4.78, 5) is 22.3. The highest BCUT2D eigenvalue weighted by atomic mass is 28.3. The van der Waals surface area contributed by atoms with Crippen molar-refractivity contribution in [1.29, 1.82) is 0 Å². The number of rotatable bonds is 7. The van der Waals surface area contributed by atoms with Crippen LogP contribution in [0.25, 0.3) is 0 Å². The van der Waals surface area contributed by atoms with Crippen LogP contribution >= 0.6 is 0 Å². The lowest BCUT2D eigenvalue weighted by molar-refractivity contribution is -0.307. The fraction of sp³-hybridized carbons (Fsp3) is 0.577. The van der Waals surface area contributed by atoms with Crippen molar-refractivity contribution in [3.05, 3.63) is 42.2 Å². The van der Waals surface area contributed by atoms with Gasteiger partial charge in [0.15, 0.2) is 8.07 Å². The van der Waals surface area contributed by atoms with Gasteiger partial charge in [-0.15, -0.1) is 0 Å². The summed E-state index contributed by atoms with van der Waals surface area (Å²) in [5, 5.41) is 0.261. The predicted octanol–water partition coefficient (Wildman–Crippen LogP) is 4.81. The molecule has 14 heteroatoms. The smallest absolute Gasteiger partial charge is 0.439 e. The number of carbonyl (C=O) groups excluding carboxylic acids is 1. The summed E-state index contributed by atoms with van der Waals surface area (Å²) >= 11 is 0. The van der Waals surface area contributed by atoms with Gasteiger partial charge in [-0.1, -0.05) is 39.8 Å². The highest BCUT2D eigenvalue weighted by Crippen LogP contribution is 2.38. The van der Waals surface area contributed by atoms with Crippen LogP contribution in [-0.2, 0) is 14.0 Å². The first-order valence-electron chi connectivity index (χ1n) is 12.8. The van der Waals surface area contributed by atoms with Crippen LogP contribution in [0.3, 0.4) is 0 Å². The Kier molecular flexibility index (Phi) is 8.62. The molecule has 0 aliphatic carbocycles. The Morgan fingerprint density at radius 3 is 1.80 bits per heavy atom. The van der Waals surface area contributed by atoms with E-state index in [-0.39, 0.29) is 21.7 Å². The molecule has 0 amide bonds. The zero-order valence-corrected chi connectivity index (χ0v) is 24.6. The molecule has 0 bridgehead atoms. The van der Waals surface area contributed by atoms with Crippen LogP contribution in [0, 0.1) is 0 Å². The lowest BCUT2D eigenvalue weighted by Crippen LogP contribution is -2.66. The average Bonchev–Trinajstić information content (AvgIpc) is 3.03. The molecule has 1 aromatic carbocycles. The van der Waals surface area contributed by atoms with Crippen LogP contribution in [0.5, 0.6) is 0 Å². The predicted molar refractivity (Wildman–Crippen MR) is 141 cm³/mol. The molecule has 2 aromatic rings. The molecule has 1 aliphatic heterocycles. The van der Waals surface area contributed by atoms with Crippen molar-refractivity contribution in [1.82, 2.24) is 9.97 Å². The van der Waals surface area contributed by atoms with Gasteiger partial charge >= 0.3 is 25.4 Å². The maximum absolute atomic E-state index is 13.4. The van der Waals surface area contributed by atoms with Gasteiger partial charge in [0.2, 0.25) is 0 Å². The summed E-state index contributed by atoms with van der Waals surface area (Å²) in [6.45, 7) is 14.6. The molecule has 1 aromatic heterocycles. The van der Waals surface area contributed by atoms with E-state index in [9.17, 15) is 31.1 Å². The van der Waals surface area contributed by atoms with Crippen molar-refractivity contribution in [3.8, 4) is 0 Å². The molecule has 0 unspecified atom stereocenters. The number of benzene rings is 1. The van der Waals surface area contributed by atoms with Crippen LogP contribution in [0.4, 0.5) is 26.3 Å². The highest BCUT2D eigenvalue weighted by molar-refractivity contribution is 7.03. The van der Waals surface area contributed by atoms with Crippen LogP contribution in [0.15, 0.2) is 36.7 Å². The van der Waals surface area contributed by atoms with Gasteiger partial charge in [0, 0.05) is 12.4 Å². The summed E-state index contributed by atoms with van der Waals surface area (Å²) in [6.07, 6.45) is -13.0. The Hall–Kier alpha value is -2.45. The molecule has 1 saturated heterocycles. The van der Waals surface area contributed by atoms with E-state index in [1.54, 1.807) is 39.8 Å². The van der Waals surface area contributed by atoms with Gasteiger partial charge in [0.05, 0.1) is 16.8 Å². The number of nitrogens with zero attached hydrogens (tertiary/aromatic N) is 2. The molecule has 0 saturated carbocycles. The molecule has 0 radical (unpaired) electrons. The Morgan fingerprint density at radius 1 is 0.900 bits per heavy atom. The maximum atomic E-state index is 13.4. The third kappa shape index (κ3) is 5.80. The van der Waals surface area contributed by atoms with Crippen molar-refractivity contribution >= 4 is 37.3 Å². The minimum absolute atomic E-state index is 0.217. The number of hydrogen-bond acceptors (Lipinski definition) is 6. The van der Waals surface area contributed by atoms with Gasteiger partial charge in [-0.25, -0.2) is 14.8 Å². The number of carbonyl (C=O) groups is 1. The molecular weight excluding hydrogens is 557 g/mol. The first kappa shape index (κ1) is 32.1. The fourth-order valence-electron chi connectivity index (χ4n) is 5.15. The Balaban J connectivity index is 2.29. The Bertz CT molecular complexity index is 1180. The lowest BCUT2D eigenvalue weighted by atomic mass is 9.78. The average molecular weight is 590 g/mol. The minimum atomic E-state index is -5.87. The van der Waals surface area contributed by atoms with Crippen LogP contribution in [0.2, 0.25) is 11.1 Å². The van der Waals surface area contributed by atoms with Gasteiger partial charge in [-0.05, 0) is 61.6 Å². The molecule has 40 heavy (non-hydrogen) atoms. The number of halogens is 6. The zero-order valence-electron chi connectivity index (χ0n) is 23.6. The molecule has 220 valence electrons. The normalized spacial score (nSPS) is 17.7.